The molecule has 23 heavy (non-hydrogen) atoms. The molecule has 3 N–H and O–H groups in total. The Balaban J connectivity index is 1.62. The molecular formula is C15H16N4O3S. The molecule has 4 rings (SSSR count). The van der Waals surface area contributed by atoms with Crippen LogP contribution in [0.1, 0.15) is 27.3 Å². The third-order valence-corrected chi connectivity index (χ3v) is 6.11. The summed E-state index contributed by atoms with van der Waals surface area (Å²) in [5.74, 6) is -0.195. The lowest BCUT2D eigenvalue weighted by Gasteiger charge is -2.13. The number of nitrogens with one attached hydrogen (secondary N) is 3. The van der Waals surface area contributed by atoms with Crippen LogP contribution >= 0.6 is 0 Å². The van der Waals surface area contributed by atoms with Crippen LogP contribution in [0, 0.1) is 0 Å². The number of anilines is 1. The molecule has 0 unspecified atom stereocenters. The fourth-order valence-electron chi connectivity index (χ4n) is 3.09. The highest BCUT2D eigenvalue weighted by molar-refractivity contribution is 7.91. The molecule has 1 aromatic heterocycles. The Morgan fingerprint density at radius 3 is 3.00 bits per heavy atom. The molecule has 2 aromatic rings. The second-order valence-corrected chi connectivity index (χ2v) is 7.88. The number of amides is 1. The molecule has 0 bridgehead atoms. The van der Waals surface area contributed by atoms with Crippen molar-refractivity contribution in [3.63, 3.8) is 0 Å². The predicted octanol–water partition coefficient (Wildman–Crippen LogP) is 0.637. The van der Waals surface area contributed by atoms with Gasteiger partial charge in [-0.25, -0.2) is 8.42 Å². The smallest absolute Gasteiger partial charge is 0.276 e. The first-order valence-electron chi connectivity index (χ1n) is 7.48. The molecule has 0 saturated carbocycles. The summed E-state index contributed by atoms with van der Waals surface area (Å²) in [5, 5.41) is 13.0. The molecule has 0 radical (unpaired) electrons. The van der Waals surface area contributed by atoms with E-state index in [4.69, 9.17) is 0 Å². The minimum absolute atomic E-state index is 0.137. The van der Waals surface area contributed by atoms with Gasteiger partial charge >= 0.3 is 0 Å². The Bertz CT molecular complexity index is 901. The number of hydrogen-bond acceptors (Lipinski definition) is 5. The third-order valence-electron chi connectivity index (χ3n) is 4.32. The molecule has 1 aromatic carbocycles. The van der Waals surface area contributed by atoms with Crippen molar-refractivity contribution in [2.45, 2.75) is 24.3 Å². The van der Waals surface area contributed by atoms with Crippen LogP contribution in [0.25, 0.3) is 0 Å². The van der Waals surface area contributed by atoms with Crippen LogP contribution in [0.4, 0.5) is 5.69 Å². The van der Waals surface area contributed by atoms with Gasteiger partial charge in [-0.3, -0.25) is 9.89 Å². The Morgan fingerprint density at radius 1 is 1.26 bits per heavy atom. The number of aromatic amines is 1. The number of fused-ring (bicyclic) bond motifs is 2. The molecule has 8 heteroatoms. The van der Waals surface area contributed by atoms with E-state index in [1.807, 2.05) is 0 Å². The van der Waals surface area contributed by atoms with Crippen molar-refractivity contribution in [3.8, 4) is 0 Å². The largest absolute Gasteiger partial charge is 0.321 e. The number of aryl methyl sites for hydroxylation is 1. The van der Waals surface area contributed by atoms with Crippen LogP contribution in [0.3, 0.4) is 0 Å². The van der Waals surface area contributed by atoms with Gasteiger partial charge in [0.15, 0.2) is 15.5 Å². The second kappa shape index (κ2) is 5.17. The zero-order valence-corrected chi connectivity index (χ0v) is 13.2. The number of rotatable bonds is 2. The van der Waals surface area contributed by atoms with Crippen molar-refractivity contribution in [1.82, 2.24) is 15.5 Å². The summed E-state index contributed by atoms with van der Waals surface area (Å²) < 4.78 is 23.9. The Morgan fingerprint density at radius 2 is 2.13 bits per heavy atom. The molecule has 2 aliphatic rings. The summed E-state index contributed by atoms with van der Waals surface area (Å²) in [7, 11) is -3.22. The Kier molecular flexibility index (Phi) is 3.24. The highest BCUT2D eigenvalue weighted by atomic mass is 32.2. The van der Waals surface area contributed by atoms with Crippen molar-refractivity contribution in [1.29, 1.82) is 0 Å². The first-order valence-corrected chi connectivity index (χ1v) is 9.14. The van der Waals surface area contributed by atoms with Crippen LogP contribution in [-0.4, -0.2) is 36.8 Å². The maximum atomic E-state index is 12.4. The highest BCUT2D eigenvalue weighted by Gasteiger charge is 2.27. The Hall–Kier alpha value is -2.19. The van der Waals surface area contributed by atoms with Crippen LogP contribution in [0.15, 0.2) is 23.1 Å². The summed E-state index contributed by atoms with van der Waals surface area (Å²) >= 11 is 0. The van der Waals surface area contributed by atoms with Crippen molar-refractivity contribution < 1.29 is 13.2 Å². The fourth-order valence-corrected chi connectivity index (χ4v) is 4.67. The summed E-state index contributed by atoms with van der Waals surface area (Å²) in [4.78, 5) is 12.8. The van der Waals surface area contributed by atoms with Crippen LogP contribution < -0.4 is 10.6 Å². The maximum absolute atomic E-state index is 12.4. The summed E-state index contributed by atoms with van der Waals surface area (Å²) in [6, 6.07) is 5.03. The number of H-pyrrole nitrogens is 1. The number of nitrogens with zero attached hydrogens (tertiary/aromatic N) is 1. The summed E-state index contributed by atoms with van der Waals surface area (Å²) in [5.41, 5.74) is 3.49. The van der Waals surface area contributed by atoms with Gasteiger partial charge in [0.2, 0.25) is 0 Å². The first kappa shape index (κ1) is 14.4. The van der Waals surface area contributed by atoms with Gasteiger partial charge in [0.25, 0.3) is 5.91 Å². The fraction of sp³-hybridized carbons (Fsp3) is 0.333. The summed E-state index contributed by atoms with van der Waals surface area (Å²) in [6.45, 7) is 1.46. The number of sulfone groups is 1. The van der Waals surface area contributed by atoms with Gasteiger partial charge in [-0.15, -0.1) is 0 Å². The molecule has 2 aliphatic heterocycles. The van der Waals surface area contributed by atoms with Crippen LogP contribution in [0.2, 0.25) is 0 Å². The molecule has 0 aliphatic carbocycles. The van der Waals surface area contributed by atoms with Gasteiger partial charge in [0, 0.05) is 36.5 Å². The zero-order valence-electron chi connectivity index (χ0n) is 12.3. The monoisotopic (exact) mass is 332 g/mol. The number of aromatic nitrogens is 2. The van der Waals surface area contributed by atoms with E-state index >= 15 is 0 Å². The second-order valence-electron chi connectivity index (χ2n) is 5.80. The normalized spacial score (nSPS) is 18.3. The molecule has 1 amide bonds. The average molecular weight is 332 g/mol. The third kappa shape index (κ3) is 2.43. The molecule has 0 spiro atoms. The molecule has 0 saturated heterocycles. The van der Waals surface area contributed by atoms with Gasteiger partial charge in [-0.1, -0.05) is 6.07 Å². The quantitative estimate of drug-likeness (QED) is 0.748. The molecule has 3 heterocycles. The maximum Gasteiger partial charge on any atom is 0.276 e. The number of benzene rings is 1. The lowest BCUT2D eigenvalue weighted by Crippen LogP contribution is -2.25. The van der Waals surface area contributed by atoms with E-state index in [0.717, 1.165) is 29.8 Å². The Labute approximate surface area is 133 Å². The van der Waals surface area contributed by atoms with Crippen molar-refractivity contribution in [2.24, 2.45) is 0 Å². The van der Waals surface area contributed by atoms with Crippen molar-refractivity contribution in [2.75, 3.05) is 17.6 Å². The van der Waals surface area contributed by atoms with Crippen molar-refractivity contribution in [3.05, 3.63) is 40.7 Å². The predicted molar refractivity (Wildman–Crippen MR) is 84.2 cm³/mol. The number of hydrogen-bond donors (Lipinski definition) is 3. The highest BCUT2D eigenvalue weighted by Crippen LogP contribution is 2.28. The van der Waals surface area contributed by atoms with E-state index in [0.29, 0.717) is 29.2 Å². The minimum atomic E-state index is -3.22. The van der Waals surface area contributed by atoms with Gasteiger partial charge in [0.05, 0.1) is 10.6 Å². The van der Waals surface area contributed by atoms with E-state index in [2.05, 4.69) is 20.8 Å². The molecule has 0 fully saturated rings. The molecule has 120 valence electrons. The topological polar surface area (TPSA) is 104 Å². The van der Waals surface area contributed by atoms with Crippen LogP contribution in [-0.2, 0) is 29.2 Å². The van der Waals surface area contributed by atoms with E-state index in [1.165, 1.54) is 6.07 Å². The lowest BCUT2D eigenvalue weighted by atomic mass is 10.1. The minimum Gasteiger partial charge on any atom is -0.321 e. The standard InChI is InChI=1S/C15H16N4O3S/c20-15(14-11-8-16-5-3-12(11)18-19-14)17-10-2-1-9-4-6-23(21,22)13(9)7-10/h1-2,7,16H,3-6,8H2,(H,17,20)(H,18,19). The first-order chi connectivity index (χ1) is 11.0. The van der Waals surface area contributed by atoms with E-state index in [1.54, 1.807) is 12.1 Å². The summed E-state index contributed by atoms with van der Waals surface area (Å²) in [6.07, 6.45) is 1.34. The van der Waals surface area contributed by atoms with Gasteiger partial charge in [0.1, 0.15) is 0 Å². The average Bonchev–Trinajstić information content (AvgIpc) is 3.09. The number of carbonyl (C=O) groups excluding carboxylic acids is 1. The lowest BCUT2D eigenvalue weighted by molar-refractivity contribution is 0.102. The van der Waals surface area contributed by atoms with Gasteiger partial charge < -0.3 is 10.6 Å². The SMILES string of the molecule is O=C(Nc1ccc2c(c1)S(=O)(=O)CC2)c1n[nH]c2c1CNCC2. The molecule has 0 atom stereocenters. The van der Waals surface area contributed by atoms with E-state index in [9.17, 15) is 13.2 Å². The molecule has 7 nitrogen and oxygen atoms in total. The van der Waals surface area contributed by atoms with Crippen molar-refractivity contribution >= 4 is 21.4 Å². The van der Waals surface area contributed by atoms with Gasteiger partial charge in [-0.05, 0) is 24.1 Å². The van der Waals surface area contributed by atoms with Crippen LogP contribution in [0.5, 0.6) is 0 Å². The van der Waals surface area contributed by atoms with E-state index < -0.39 is 9.84 Å². The van der Waals surface area contributed by atoms with Gasteiger partial charge in [-0.2, -0.15) is 5.10 Å². The number of carbonyl (C=O) groups is 1. The van der Waals surface area contributed by atoms with E-state index in [-0.39, 0.29) is 11.7 Å². The molecular weight excluding hydrogens is 316 g/mol. The zero-order chi connectivity index (χ0) is 16.0.